The molecule has 0 radical (unpaired) electrons. The Morgan fingerprint density at radius 1 is 1.00 bits per heavy atom. The van der Waals surface area contributed by atoms with Gasteiger partial charge in [-0.3, -0.25) is 9.10 Å². The zero-order valence-electron chi connectivity index (χ0n) is 22.1. The van der Waals surface area contributed by atoms with Crippen LogP contribution >= 0.6 is 0 Å². The second-order valence-electron chi connectivity index (χ2n) is 9.50. The third kappa shape index (κ3) is 6.39. The van der Waals surface area contributed by atoms with Gasteiger partial charge in [-0.2, -0.15) is 0 Å². The van der Waals surface area contributed by atoms with E-state index in [-0.39, 0.29) is 17.1 Å². The minimum Gasteiger partial charge on any atom is -0.497 e. The number of piperidine rings is 1. The fourth-order valence-corrected chi connectivity index (χ4v) is 6.08. The van der Waals surface area contributed by atoms with Crippen molar-refractivity contribution in [1.29, 1.82) is 0 Å². The number of methoxy groups -OCH3 is 2. The van der Waals surface area contributed by atoms with Gasteiger partial charge in [0.2, 0.25) is 5.91 Å². The SMILES string of the molecule is COc1ccc(S(=O)(=O)N(CC(=O)NCc2ccc(N3CCCC(C)C3)cc2)c2ccccc2OC)cc1. The molecule has 1 unspecified atom stereocenters. The summed E-state index contributed by atoms with van der Waals surface area (Å²) in [6.07, 6.45) is 2.46. The van der Waals surface area contributed by atoms with Crippen molar-refractivity contribution in [3.05, 3.63) is 78.4 Å². The molecule has 202 valence electrons. The molecule has 0 spiro atoms. The first-order chi connectivity index (χ1) is 18.3. The molecule has 1 N–H and O–H groups in total. The molecule has 9 heteroatoms. The molecule has 1 saturated heterocycles. The summed E-state index contributed by atoms with van der Waals surface area (Å²) in [5.74, 6) is 1.14. The maximum atomic E-state index is 13.7. The standard InChI is InChI=1S/C29H35N3O5S/c1-22-7-6-18-31(20-22)24-12-10-23(11-13-24)19-30-29(33)21-32(27-8-4-5-9-28(27)37-3)38(34,35)26-16-14-25(36-2)15-17-26/h4-5,8-17,22H,6-7,18-21H2,1-3H3,(H,30,33). The van der Waals surface area contributed by atoms with Gasteiger partial charge in [-0.1, -0.05) is 31.2 Å². The number of anilines is 2. The minimum atomic E-state index is -4.08. The summed E-state index contributed by atoms with van der Waals surface area (Å²) >= 11 is 0. The molecule has 0 aromatic heterocycles. The molecule has 1 heterocycles. The normalized spacial score (nSPS) is 15.6. The Hall–Kier alpha value is -3.72. The van der Waals surface area contributed by atoms with Crippen LogP contribution in [0.5, 0.6) is 11.5 Å². The first kappa shape index (κ1) is 27.3. The number of carbonyl (C=O) groups is 1. The molecule has 1 aliphatic rings. The van der Waals surface area contributed by atoms with Crippen LogP contribution in [0.4, 0.5) is 11.4 Å². The summed E-state index contributed by atoms with van der Waals surface area (Å²) in [5, 5.41) is 2.87. The largest absolute Gasteiger partial charge is 0.497 e. The highest BCUT2D eigenvalue weighted by Gasteiger charge is 2.29. The topological polar surface area (TPSA) is 88.2 Å². The third-order valence-corrected chi connectivity index (χ3v) is 8.51. The lowest BCUT2D eigenvalue weighted by molar-refractivity contribution is -0.119. The molecule has 3 aromatic carbocycles. The van der Waals surface area contributed by atoms with E-state index in [0.717, 1.165) is 23.0 Å². The van der Waals surface area contributed by atoms with Crippen LogP contribution in [0.3, 0.4) is 0 Å². The number of hydrogen-bond acceptors (Lipinski definition) is 6. The van der Waals surface area contributed by atoms with Crippen LogP contribution in [-0.2, 0) is 21.4 Å². The predicted octanol–water partition coefficient (Wildman–Crippen LogP) is 4.45. The molecule has 0 saturated carbocycles. The molecule has 1 fully saturated rings. The van der Waals surface area contributed by atoms with Gasteiger partial charge in [0.15, 0.2) is 0 Å². The summed E-state index contributed by atoms with van der Waals surface area (Å²) in [6.45, 7) is 4.27. The van der Waals surface area contributed by atoms with E-state index in [1.54, 1.807) is 36.4 Å². The number of rotatable bonds is 10. The number of amides is 1. The maximum Gasteiger partial charge on any atom is 0.264 e. The highest BCUT2D eigenvalue weighted by molar-refractivity contribution is 7.92. The molecular formula is C29H35N3O5S. The summed E-state index contributed by atoms with van der Waals surface area (Å²) in [7, 11) is -1.11. The number of hydrogen-bond donors (Lipinski definition) is 1. The van der Waals surface area contributed by atoms with Crippen molar-refractivity contribution in [2.24, 2.45) is 5.92 Å². The van der Waals surface area contributed by atoms with Crippen LogP contribution in [0.2, 0.25) is 0 Å². The van der Waals surface area contributed by atoms with Gasteiger partial charge in [-0.15, -0.1) is 0 Å². The summed E-state index contributed by atoms with van der Waals surface area (Å²) < 4.78 is 39.0. The molecular weight excluding hydrogens is 502 g/mol. The predicted molar refractivity (Wildman–Crippen MR) is 149 cm³/mol. The van der Waals surface area contributed by atoms with Gasteiger partial charge in [0.05, 0.1) is 24.8 Å². The Bertz CT molecular complexity index is 1330. The lowest BCUT2D eigenvalue weighted by Crippen LogP contribution is -2.40. The number of nitrogens with zero attached hydrogens (tertiary/aromatic N) is 2. The number of sulfonamides is 1. The van der Waals surface area contributed by atoms with Crippen LogP contribution in [0.25, 0.3) is 0 Å². The van der Waals surface area contributed by atoms with Gasteiger partial charge < -0.3 is 19.7 Å². The summed E-state index contributed by atoms with van der Waals surface area (Å²) in [4.78, 5) is 15.5. The van der Waals surface area contributed by atoms with Gasteiger partial charge in [0.1, 0.15) is 18.0 Å². The van der Waals surface area contributed by atoms with Crippen LogP contribution < -0.4 is 24.0 Å². The molecule has 0 aliphatic carbocycles. The van der Waals surface area contributed by atoms with Crippen molar-refractivity contribution >= 4 is 27.3 Å². The third-order valence-electron chi connectivity index (χ3n) is 6.74. The Morgan fingerprint density at radius 3 is 2.37 bits per heavy atom. The van der Waals surface area contributed by atoms with E-state index < -0.39 is 22.5 Å². The van der Waals surface area contributed by atoms with Gasteiger partial charge in [-0.05, 0) is 72.9 Å². The lowest BCUT2D eigenvalue weighted by Gasteiger charge is -2.32. The molecule has 3 aromatic rings. The number of ether oxygens (including phenoxy) is 2. The summed E-state index contributed by atoms with van der Waals surface area (Å²) in [5.41, 5.74) is 2.40. The van der Waals surface area contributed by atoms with Gasteiger partial charge >= 0.3 is 0 Å². The quantitative estimate of drug-likeness (QED) is 0.411. The smallest absolute Gasteiger partial charge is 0.264 e. The first-order valence-electron chi connectivity index (χ1n) is 12.7. The molecule has 38 heavy (non-hydrogen) atoms. The zero-order chi connectivity index (χ0) is 27.1. The van der Waals surface area contributed by atoms with E-state index in [9.17, 15) is 13.2 Å². The number of nitrogens with one attached hydrogen (secondary N) is 1. The van der Waals surface area contributed by atoms with Gasteiger partial charge in [0.25, 0.3) is 10.0 Å². The average Bonchev–Trinajstić information content (AvgIpc) is 2.95. The monoisotopic (exact) mass is 537 g/mol. The van der Waals surface area contributed by atoms with Gasteiger partial charge in [-0.25, -0.2) is 8.42 Å². The fourth-order valence-electron chi connectivity index (χ4n) is 4.65. The fraction of sp³-hybridized carbons (Fsp3) is 0.345. The number of para-hydroxylation sites is 2. The minimum absolute atomic E-state index is 0.0413. The highest BCUT2D eigenvalue weighted by Crippen LogP contribution is 2.32. The molecule has 1 amide bonds. The van der Waals surface area contributed by atoms with Crippen molar-refractivity contribution < 1.29 is 22.7 Å². The highest BCUT2D eigenvalue weighted by atomic mass is 32.2. The van der Waals surface area contributed by atoms with Crippen LogP contribution in [0, 0.1) is 5.92 Å². The van der Waals surface area contributed by atoms with Crippen LogP contribution in [-0.4, -0.2) is 48.2 Å². The maximum absolute atomic E-state index is 13.7. The van der Waals surface area contributed by atoms with E-state index in [0.29, 0.717) is 17.4 Å². The molecule has 0 bridgehead atoms. The van der Waals surface area contributed by atoms with E-state index >= 15 is 0 Å². The number of benzene rings is 3. The van der Waals surface area contributed by atoms with E-state index in [1.807, 2.05) is 12.1 Å². The number of carbonyl (C=O) groups excluding carboxylic acids is 1. The molecule has 1 atom stereocenters. The second kappa shape index (κ2) is 12.2. The Labute approximate surface area is 225 Å². The van der Waals surface area contributed by atoms with Crippen molar-refractivity contribution in [3.63, 3.8) is 0 Å². The van der Waals surface area contributed by atoms with Crippen molar-refractivity contribution in [2.75, 3.05) is 43.1 Å². The van der Waals surface area contributed by atoms with Crippen LogP contribution in [0.15, 0.2) is 77.7 Å². The van der Waals surface area contributed by atoms with Crippen molar-refractivity contribution in [1.82, 2.24) is 5.32 Å². The second-order valence-corrected chi connectivity index (χ2v) is 11.4. The zero-order valence-corrected chi connectivity index (χ0v) is 22.9. The first-order valence-corrected chi connectivity index (χ1v) is 14.2. The van der Waals surface area contributed by atoms with Gasteiger partial charge in [0, 0.05) is 25.3 Å². The Morgan fingerprint density at radius 2 is 1.71 bits per heavy atom. The Balaban J connectivity index is 1.49. The summed E-state index contributed by atoms with van der Waals surface area (Å²) in [6, 6.07) is 20.9. The van der Waals surface area contributed by atoms with E-state index in [4.69, 9.17) is 9.47 Å². The molecule has 8 nitrogen and oxygen atoms in total. The lowest BCUT2D eigenvalue weighted by atomic mass is 9.99. The van der Waals surface area contributed by atoms with Crippen molar-refractivity contribution in [2.45, 2.75) is 31.2 Å². The van der Waals surface area contributed by atoms with Crippen molar-refractivity contribution in [3.8, 4) is 11.5 Å². The van der Waals surface area contributed by atoms with E-state index in [1.165, 1.54) is 44.9 Å². The molecule has 1 aliphatic heterocycles. The molecule has 4 rings (SSSR count). The van der Waals surface area contributed by atoms with Crippen LogP contribution in [0.1, 0.15) is 25.3 Å². The van der Waals surface area contributed by atoms with E-state index in [2.05, 4.69) is 29.3 Å². The average molecular weight is 538 g/mol. The Kier molecular flexibility index (Phi) is 8.78.